The first-order chi connectivity index (χ1) is 9.76. The molecule has 1 aromatic rings. The van der Waals surface area contributed by atoms with E-state index in [0.29, 0.717) is 18.0 Å². The van der Waals surface area contributed by atoms with E-state index in [-0.39, 0.29) is 0 Å². The van der Waals surface area contributed by atoms with Crippen molar-refractivity contribution in [2.45, 2.75) is 70.4 Å². The molecule has 3 N–H and O–H groups in total. The van der Waals surface area contributed by atoms with Gasteiger partial charge in [0, 0.05) is 18.7 Å². The Bertz CT molecular complexity index is 422. The van der Waals surface area contributed by atoms with Crippen molar-refractivity contribution in [1.29, 1.82) is 0 Å². The van der Waals surface area contributed by atoms with Gasteiger partial charge in [0.2, 0.25) is 0 Å². The van der Waals surface area contributed by atoms with Gasteiger partial charge in [0.05, 0.1) is 11.7 Å². The van der Waals surface area contributed by atoms with Crippen LogP contribution in [-0.2, 0) is 6.42 Å². The molecule has 2 aliphatic carbocycles. The second-order valence-corrected chi connectivity index (χ2v) is 6.88. The summed E-state index contributed by atoms with van der Waals surface area (Å²) in [7, 11) is 0. The van der Waals surface area contributed by atoms with Crippen molar-refractivity contribution in [1.82, 2.24) is 15.2 Å². The molecule has 0 aromatic carbocycles. The minimum atomic E-state index is 0.381. The smallest absolute Gasteiger partial charge is 0.0640 e. The monoisotopic (exact) mass is 276 g/mol. The molecule has 0 spiro atoms. The normalized spacial score (nSPS) is 29.1. The molecule has 2 fully saturated rings. The maximum Gasteiger partial charge on any atom is 0.0640 e. The van der Waals surface area contributed by atoms with Crippen LogP contribution in [0.5, 0.6) is 0 Å². The first kappa shape index (κ1) is 14.1. The van der Waals surface area contributed by atoms with Gasteiger partial charge >= 0.3 is 0 Å². The molecule has 4 heteroatoms. The van der Waals surface area contributed by atoms with Crippen molar-refractivity contribution in [3.05, 3.63) is 18.0 Å². The van der Waals surface area contributed by atoms with E-state index in [9.17, 15) is 0 Å². The Balaban J connectivity index is 1.61. The van der Waals surface area contributed by atoms with E-state index in [1.54, 1.807) is 0 Å². The van der Waals surface area contributed by atoms with E-state index in [2.05, 4.69) is 29.3 Å². The topological polar surface area (TPSA) is 55.9 Å². The Morgan fingerprint density at radius 1 is 1.35 bits per heavy atom. The molecule has 3 rings (SSSR count). The van der Waals surface area contributed by atoms with Crippen LogP contribution in [-0.4, -0.2) is 15.8 Å². The van der Waals surface area contributed by atoms with Crippen LogP contribution in [0.1, 0.15) is 63.6 Å². The summed E-state index contributed by atoms with van der Waals surface area (Å²) in [4.78, 5) is 0. The third kappa shape index (κ3) is 3.07. The van der Waals surface area contributed by atoms with E-state index in [1.165, 1.54) is 50.6 Å². The highest BCUT2D eigenvalue weighted by Gasteiger charge is 2.29. The molecule has 20 heavy (non-hydrogen) atoms. The molecule has 2 aliphatic rings. The van der Waals surface area contributed by atoms with Gasteiger partial charge in [-0.15, -0.1) is 0 Å². The molecule has 0 aliphatic heterocycles. The highest BCUT2D eigenvalue weighted by atomic mass is 15.3. The lowest BCUT2D eigenvalue weighted by molar-refractivity contribution is 0.348. The molecule has 112 valence electrons. The van der Waals surface area contributed by atoms with Crippen LogP contribution in [0.25, 0.3) is 0 Å². The lowest BCUT2D eigenvalue weighted by atomic mass is 9.94. The summed E-state index contributed by atoms with van der Waals surface area (Å²) in [5.74, 6) is 7.36. The van der Waals surface area contributed by atoms with Crippen molar-refractivity contribution >= 4 is 0 Å². The van der Waals surface area contributed by atoms with E-state index in [0.717, 1.165) is 12.3 Å². The van der Waals surface area contributed by atoms with E-state index in [4.69, 9.17) is 10.9 Å². The minimum absolute atomic E-state index is 0.381. The van der Waals surface area contributed by atoms with Crippen LogP contribution in [0.15, 0.2) is 12.3 Å². The van der Waals surface area contributed by atoms with Crippen LogP contribution >= 0.6 is 0 Å². The number of hydrogen-bond donors (Lipinski definition) is 2. The molecule has 0 saturated heterocycles. The first-order valence-corrected chi connectivity index (χ1v) is 8.26. The fourth-order valence-corrected chi connectivity index (χ4v) is 4.06. The SMILES string of the molecule is CC1CCC(C(Cc2ccn(C3CCCC3)n2)NN)C1. The molecule has 0 amide bonds. The predicted octanol–water partition coefficient (Wildman–Crippen LogP) is 2.81. The van der Waals surface area contributed by atoms with Gasteiger partial charge in [0.25, 0.3) is 0 Å². The number of hydrogen-bond acceptors (Lipinski definition) is 3. The summed E-state index contributed by atoms with van der Waals surface area (Å²) in [6.45, 7) is 2.35. The number of hydrazine groups is 1. The molecule has 4 nitrogen and oxygen atoms in total. The van der Waals surface area contributed by atoms with Crippen molar-refractivity contribution in [3.63, 3.8) is 0 Å². The number of nitrogens with two attached hydrogens (primary N) is 1. The molecule has 1 aromatic heterocycles. The average molecular weight is 276 g/mol. The van der Waals surface area contributed by atoms with Crippen molar-refractivity contribution in [3.8, 4) is 0 Å². The van der Waals surface area contributed by atoms with Gasteiger partial charge in [0.15, 0.2) is 0 Å². The van der Waals surface area contributed by atoms with E-state index < -0.39 is 0 Å². The van der Waals surface area contributed by atoms with Gasteiger partial charge in [-0.2, -0.15) is 5.10 Å². The number of nitrogens with zero attached hydrogens (tertiary/aromatic N) is 2. The Morgan fingerprint density at radius 3 is 2.80 bits per heavy atom. The van der Waals surface area contributed by atoms with Gasteiger partial charge in [-0.05, 0) is 43.6 Å². The Morgan fingerprint density at radius 2 is 2.15 bits per heavy atom. The summed E-state index contributed by atoms with van der Waals surface area (Å²) in [5, 5.41) is 4.79. The number of nitrogens with one attached hydrogen (secondary N) is 1. The van der Waals surface area contributed by atoms with Gasteiger partial charge in [0.1, 0.15) is 0 Å². The third-order valence-corrected chi connectivity index (χ3v) is 5.31. The van der Waals surface area contributed by atoms with Crippen molar-refractivity contribution in [2.24, 2.45) is 17.7 Å². The fraction of sp³-hybridized carbons (Fsp3) is 0.812. The highest BCUT2D eigenvalue weighted by molar-refractivity contribution is 5.04. The van der Waals surface area contributed by atoms with Gasteiger partial charge < -0.3 is 0 Å². The largest absolute Gasteiger partial charge is 0.271 e. The van der Waals surface area contributed by atoms with Crippen LogP contribution in [0, 0.1) is 11.8 Å². The summed E-state index contributed by atoms with van der Waals surface area (Å²) in [6.07, 6.45) is 12.4. The molecule has 3 atom stereocenters. The van der Waals surface area contributed by atoms with Crippen LogP contribution < -0.4 is 11.3 Å². The quantitative estimate of drug-likeness (QED) is 0.642. The first-order valence-electron chi connectivity index (χ1n) is 8.26. The van der Waals surface area contributed by atoms with E-state index >= 15 is 0 Å². The Hall–Kier alpha value is -0.870. The molecule has 1 heterocycles. The Labute approximate surface area is 122 Å². The second-order valence-electron chi connectivity index (χ2n) is 6.88. The van der Waals surface area contributed by atoms with Crippen molar-refractivity contribution < 1.29 is 0 Å². The summed E-state index contributed by atoms with van der Waals surface area (Å²) in [5.41, 5.74) is 4.24. The highest BCUT2D eigenvalue weighted by Crippen LogP contribution is 2.33. The standard InChI is InChI=1S/C16H28N4/c1-12-6-7-13(10-12)16(18-17)11-14-8-9-20(19-14)15-4-2-3-5-15/h8-9,12-13,15-16,18H,2-7,10-11,17H2,1H3. The Kier molecular flexibility index (Phi) is 4.41. The predicted molar refractivity (Wildman–Crippen MR) is 81.1 cm³/mol. The van der Waals surface area contributed by atoms with Gasteiger partial charge in [-0.1, -0.05) is 26.2 Å². The second kappa shape index (κ2) is 6.27. The minimum Gasteiger partial charge on any atom is -0.271 e. The fourth-order valence-electron chi connectivity index (χ4n) is 4.06. The van der Waals surface area contributed by atoms with E-state index in [1.807, 2.05) is 0 Å². The van der Waals surface area contributed by atoms with Gasteiger partial charge in [-0.3, -0.25) is 16.0 Å². The zero-order valence-electron chi connectivity index (χ0n) is 12.6. The third-order valence-electron chi connectivity index (χ3n) is 5.31. The van der Waals surface area contributed by atoms with Gasteiger partial charge in [-0.25, -0.2) is 0 Å². The zero-order valence-corrected chi connectivity index (χ0v) is 12.6. The molecular weight excluding hydrogens is 248 g/mol. The maximum atomic E-state index is 5.79. The molecule has 0 radical (unpaired) electrons. The van der Waals surface area contributed by atoms with Crippen LogP contribution in [0.3, 0.4) is 0 Å². The molecular formula is C16H28N4. The summed E-state index contributed by atoms with van der Waals surface area (Å²) < 4.78 is 2.19. The summed E-state index contributed by atoms with van der Waals surface area (Å²) >= 11 is 0. The number of aromatic nitrogens is 2. The number of rotatable bonds is 5. The summed E-state index contributed by atoms with van der Waals surface area (Å²) in [6, 6.07) is 3.20. The maximum absolute atomic E-state index is 5.79. The lowest BCUT2D eigenvalue weighted by Crippen LogP contribution is -2.41. The van der Waals surface area contributed by atoms with Crippen molar-refractivity contribution in [2.75, 3.05) is 0 Å². The molecule has 2 saturated carbocycles. The zero-order chi connectivity index (χ0) is 13.9. The average Bonchev–Trinajstić information content (AvgIpc) is 3.16. The van der Waals surface area contributed by atoms with Crippen LogP contribution in [0.4, 0.5) is 0 Å². The molecule has 3 unspecified atom stereocenters. The lowest BCUT2D eigenvalue weighted by Gasteiger charge is -2.22. The van der Waals surface area contributed by atoms with Crippen LogP contribution in [0.2, 0.25) is 0 Å². The molecule has 0 bridgehead atoms.